The molecule has 1 aliphatic rings. The summed E-state index contributed by atoms with van der Waals surface area (Å²) >= 11 is 0. The van der Waals surface area contributed by atoms with Crippen molar-refractivity contribution in [2.45, 2.75) is 32.3 Å². The number of carbonyl (C=O) groups is 1. The van der Waals surface area contributed by atoms with E-state index in [4.69, 9.17) is 9.47 Å². The van der Waals surface area contributed by atoms with Crippen LogP contribution in [0.4, 0.5) is 0 Å². The standard InChI is InChI=1S/C26H27N5O3/c1-2-33-23-16-21(8-9-22(23)34-18-19-6-5-12-27-17-19)26(32)30-14-10-20(11-15-30)25-29-28-24-7-3-4-13-31(24)25/h3-9,12-13,16-17,20H,2,10-11,14-15,18H2,1H3. The van der Waals surface area contributed by atoms with E-state index in [2.05, 4.69) is 15.2 Å². The second-order valence-electron chi connectivity index (χ2n) is 8.30. The van der Waals surface area contributed by atoms with E-state index in [1.54, 1.807) is 18.5 Å². The molecule has 1 aliphatic heterocycles. The molecule has 4 heterocycles. The summed E-state index contributed by atoms with van der Waals surface area (Å²) in [6, 6.07) is 15.1. The SMILES string of the molecule is CCOc1cc(C(=O)N2CCC(c3nnc4ccccn34)CC2)ccc1OCc1cccnc1. The van der Waals surface area contributed by atoms with Gasteiger partial charge in [-0.1, -0.05) is 12.1 Å². The van der Waals surface area contributed by atoms with Gasteiger partial charge in [0.1, 0.15) is 12.4 Å². The molecule has 1 fully saturated rings. The number of piperidine rings is 1. The fraction of sp³-hybridized carbons (Fsp3) is 0.308. The third-order valence-electron chi connectivity index (χ3n) is 6.10. The minimum absolute atomic E-state index is 0.00399. The summed E-state index contributed by atoms with van der Waals surface area (Å²) in [5.74, 6) is 2.44. The molecule has 8 heteroatoms. The summed E-state index contributed by atoms with van der Waals surface area (Å²) < 4.78 is 13.8. The molecule has 0 spiro atoms. The van der Waals surface area contributed by atoms with E-state index in [9.17, 15) is 4.79 Å². The molecule has 3 aromatic heterocycles. The number of pyridine rings is 2. The molecule has 0 aliphatic carbocycles. The summed E-state index contributed by atoms with van der Waals surface area (Å²) in [4.78, 5) is 19.3. The normalized spacial score (nSPS) is 14.3. The molecule has 0 bridgehead atoms. The Balaban J connectivity index is 1.25. The van der Waals surface area contributed by atoms with Crippen LogP contribution in [0.25, 0.3) is 5.65 Å². The minimum Gasteiger partial charge on any atom is -0.490 e. The van der Waals surface area contributed by atoms with E-state index in [1.807, 2.05) is 64.9 Å². The first-order valence-electron chi connectivity index (χ1n) is 11.6. The number of benzene rings is 1. The van der Waals surface area contributed by atoms with Crippen LogP contribution >= 0.6 is 0 Å². The zero-order valence-corrected chi connectivity index (χ0v) is 19.1. The third kappa shape index (κ3) is 4.57. The second-order valence-corrected chi connectivity index (χ2v) is 8.30. The van der Waals surface area contributed by atoms with Crippen LogP contribution in [0.2, 0.25) is 0 Å². The number of amides is 1. The van der Waals surface area contributed by atoms with E-state index in [-0.39, 0.29) is 11.8 Å². The fourth-order valence-corrected chi connectivity index (χ4v) is 4.33. The average molecular weight is 458 g/mol. The van der Waals surface area contributed by atoms with Gasteiger partial charge in [-0.15, -0.1) is 10.2 Å². The highest BCUT2D eigenvalue weighted by Gasteiger charge is 2.28. The Hall–Kier alpha value is -3.94. The van der Waals surface area contributed by atoms with E-state index in [0.29, 0.717) is 43.4 Å². The van der Waals surface area contributed by atoms with Gasteiger partial charge >= 0.3 is 0 Å². The van der Waals surface area contributed by atoms with Gasteiger partial charge in [-0.05, 0) is 56.2 Å². The minimum atomic E-state index is 0.00399. The summed E-state index contributed by atoms with van der Waals surface area (Å²) in [5, 5.41) is 8.67. The van der Waals surface area contributed by atoms with E-state index >= 15 is 0 Å². The maximum Gasteiger partial charge on any atom is 0.253 e. The van der Waals surface area contributed by atoms with Crippen LogP contribution in [0, 0.1) is 0 Å². The molecule has 34 heavy (non-hydrogen) atoms. The number of likely N-dealkylation sites (tertiary alicyclic amines) is 1. The van der Waals surface area contributed by atoms with Crippen molar-refractivity contribution >= 4 is 11.6 Å². The maximum absolute atomic E-state index is 13.2. The van der Waals surface area contributed by atoms with Crippen LogP contribution in [0.1, 0.15) is 47.4 Å². The van der Waals surface area contributed by atoms with Gasteiger partial charge in [0.2, 0.25) is 0 Å². The predicted molar refractivity (Wildman–Crippen MR) is 127 cm³/mol. The van der Waals surface area contributed by atoms with Gasteiger partial charge < -0.3 is 14.4 Å². The van der Waals surface area contributed by atoms with Crippen molar-refractivity contribution in [2.75, 3.05) is 19.7 Å². The molecule has 0 saturated carbocycles. The largest absolute Gasteiger partial charge is 0.490 e. The van der Waals surface area contributed by atoms with Crippen molar-refractivity contribution in [3.05, 3.63) is 84.1 Å². The number of fused-ring (bicyclic) bond motifs is 1. The summed E-state index contributed by atoms with van der Waals surface area (Å²) in [7, 11) is 0. The van der Waals surface area contributed by atoms with Crippen molar-refractivity contribution in [1.82, 2.24) is 24.5 Å². The number of hydrogen-bond acceptors (Lipinski definition) is 6. The van der Waals surface area contributed by atoms with E-state index in [0.717, 1.165) is 29.9 Å². The summed E-state index contributed by atoms with van der Waals surface area (Å²) in [5.41, 5.74) is 2.42. The molecule has 1 aromatic carbocycles. The predicted octanol–water partition coefficient (Wildman–Crippen LogP) is 4.12. The smallest absolute Gasteiger partial charge is 0.253 e. The zero-order valence-electron chi connectivity index (χ0n) is 19.1. The highest BCUT2D eigenvalue weighted by Crippen LogP contribution is 2.32. The first kappa shape index (κ1) is 21.9. The lowest BCUT2D eigenvalue weighted by molar-refractivity contribution is 0.0710. The molecule has 5 rings (SSSR count). The summed E-state index contributed by atoms with van der Waals surface area (Å²) in [6.45, 7) is 4.13. The van der Waals surface area contributed by atoms with Crippen molar-refractivity contribution in [3.8, 4) is 11.5 Å². The highest BCUT2D eigenvalue weighted by molar-refractivity contribution is 5.95. The molecular formula is C26H27N5O3. The van der Waals surface area contributed by atoms with Gasteiger partial charge in [-0.2, -0.15) is 0 Å². The highest BCUT2D eigenvalue weighted by atomic mass is 16.5. The van der Waals surface area contributed by atoms with Gasteiger partial charge in [0, 0.05) is 48.7 Å². The van der Waals surface area contributed by atoms with Crippen molar-refractivity contribution in [2.24, 2.45) is 0 Å². The molecule has 0 unspecified atom stereocenters. The van der Waals surface area contributed by atoms with Crippen LogP contribution in [-0.4, -0.2) is 50.1 Å². The van der Waals surface area contributed by atoms with E-state index in [1.165, 1.54) is 0 Å². The van der Waals surface area contributed by atoms with Crippen LogP contribution in [0.15, 0.2) is 67.1 Å². The Kier molecular flexibility index (Phi) is 6.38. The lowest BCUT2D eigenvalue weighted by atomic mass is 9.95. The number of ether oxygens (including phenoxy) is 2. The van der Waals surface area contributed by atoms with Crippen LogP contribution in [-0.2, 0) is 6.61 Å². The number of rotatable bonds is 7. The molecule has 4 aromatic rings. The Morgan fingerprint density at radius 1 is 1.03 bits per heavy atom. The molecule has 0 radical (unpaired) electrons. The molecule has 0 N–H and O–H groups in total. The molecular weight excluding hydrogens is 430 g/mol. The van der Waals surface area contributed by atoms with Gasteiger partial charge in [0.15, 0.2) is 17.1 Å². The quantitative estimate of drug-likeness (QED) is 0.415. The number of carbonyl (C=O) groups excluding carboxylic acids is 1. The van der Waals surface area contributed by atoms with Crippen molar-refractivity contribution in [3.63, 3.8) is 0 Å². The molecule has 174 valence electrons. The van der Waals surface area contributed by atoms with Gasteiger partial charge in [-0.25, -0.2) is 0 Å². The monoisotopic (exact) mass is 457 g/mol. The zero-order chi connectivity index (χ0) is 23.3. The molecule has 1 saturated heterocycles. The van der Waals surface area contributed by atoms with Crippen LogP contribution in [0.3, 0.4) is 0 Å². The van der Waals surface area contributed by atoms with Gasteiger partial charge in [0.05, 0.1) is 6.61 Å². The van der Waals surface area contributed by atoms with Gasteiger partial charge in [-0.3, -0.25) is 14.2 Å². The number of nitrogens with zero attached hydrogens (tertiary/aromatic N) is 5. The lowest BCUT2D eigenvalue weighted by Crippen LogP contribution is -2.38. The molecule has 1 amide bonds. The first-order chi connectivity index (χ1) is 16.7. The lowest BCUT2D eigenvalue weighted by Gasteiger charge is -2.31. The second kappa shape index (κ2) is 9.91. The fourth-order valence-electron chi connectivity index (χ4n) is 4.33. The Morgan fingerprint density at radius 2 is 1.91 bits per heavy atom. The average Bonchev–Trinajstić information content (AvgIpc) is 3.33. The Labute approximate surface area is 198 Å². The van der Waals surface area contributed by atoms with Gasteiger partial charge in [0.25, 0.3) is 5.91 Å². The maximum atomic E-state index is 13.2. The van der Waals surface area contributed by atoms with E-state index < -0.39 is 0 Å². The Bertz CT molecular complexity index is 1270. The Morgan fingerprint density at radius 3 is 2.71 bits per heavy atom. The van der Waals surface area contributed by atoms with Crippen LogP contribution in [0.5, 0.6) is 11.5 Å². The topological polar surface area (TPSA) is 81.9 Å². The third-order valence-corrected chi connectivity index (χ3v) is 6.10. The van der Waals surface area contributed by atoms with Crippen molar-refractivity contribution in [1.29, 1.82) is 0 Å². The van der Waals surface area contributed by atoms with Crippen LogP contribution < -0.4 is 9.47 Å². The number of hydrogen-bond donors (Lipinski definition) is 0. The molecule has 0 atom stereocenters. The summed E-state index contributed by atoms with van der Waals surface area (Å²) in [6.07, 6.45) is 7.20. The first-order valence-corrected chi connectivity index (χ1v) is 11.6. The van der Waals surface area contributed by atoms with Crippen molar-refractivity contribution < 1.29 is 14.3 Å². The molecule has 8 nitrogen and oxygen atoms in total. The number of aromatic nitrogens is 4.